The molecule has 1 saturated heterocycles. The number of carbonyl (C=O) groups is 3. The molecule has 2 amide bonds. The topological polar surface area (TPSA) is 72.9 Å². The van der Waals surface area contributed by atoms with Gasteiger partial charge in [0.25, 0.3) is 0 Å². The summed E-state index contributed by atoms with van der Waals surface area (Å²) in [5.74, 6) is -0.910. The van der Waals surface area contributed by atoms with Gasteiger partial charge in [-0.15, -0.1) is 0 Å². The number of amides is 2. The van der Waals surface area contributed by atoms with Crippen molar-refractivity contribution in [2.45, 2.75) is 77.5 Å². The minimum atomic E-state index is -0.963. The molecule has 1 spiro atoms. The first-order chi connectivity index (χ1) is 12.8. The van der Waals surface area contributed by atoms with Crippen LogP contribution in [0.1, 0.15) is 65.9 Å². The van der Waals surface area contributed by atoms with E-state index >= 15 is 0 Å². The number of ether oxygens (including phenoxy) is 2. The highest BCUT2D eigenvalue weighted by Gasteiger charge is 2.69. The number of carbonyl (C=O) groups excluding carboxylic acids is 3. The summed E-state index contributed by atoms with van der Waals surface area (Å²) in [6, 6.07) is 8.77. The van der Waals surface area contributed by atoms with E-state index in [-0.39, 0.29) is 18.2 Å². The largest absolute Gasteiger partial charge is 0.458 e. The molecule has 1 aliphatic heterocycles. The third kappa shape index (κ3) is 3.91. The van der Waals surface area contributed by atoms with Gasteiger partial charge in [-0.2, -0.15) is 0 Å². The zero-order valence-electron chi connectivity index (χ0n) is 17.4. The van der Waals surface area contributed by atoms with E-state index in [1.165, 1.54) is 0 Å². The first-order valence-corrected chi connectivity index (χ1v) is 9.68. The van der Waals surface area contributed by atoms with Gasteiger partial charge in [-0.25, -0.2) is 14.5 Å². The molecule has 1 aromatic carbocycles. The van der Waals surface area contributed by atoms with E-state index in [0.29, 0.717) is 6.42 Å². The molecule has 1 aliphatic carbocycles. The number of rotatable bonds is 2. The van der Waals surface area contributed by atoms with E-state index in [4.69, 9.17) is 9.47 Å². The fourth-order valence-electron chi connectivity index (χ4n) is 3.87. The Hall–Kier alpha value is -2.37. The van der Waals surface area contributed by atoms with E-state index in [9.17, 15) is 14.4 Å². The number of likely N-dealkylation sites (tertiary alicyclic amines) is 1. The zero-order chi connectivity index (χ0) is 20.9. The van der Waals surface area contributed by atoms with Crippen LogP contribution >= 0.6 is 0 Å². The van der Waals surface area contributed by atoms with Crippen molar-refractivity contribution in [1.29, 1.82) is 0 Å². The number of hydrogen-bond donors (Lipinski definition) is 0. The molecular formula is C22H29NO5. The third-order valence-corrected chi connectivity index (χ3v) is 5.06. The molecule has 6 nitrogen and oxygen atoms in total. The van der Waals surface area contributed by atoms with E-state index < -0.39 is 34.7 Å². The van der Waals surface area contributed by atoms with Crippen molar-refractivity contribution in [2.75, 3.05) is 0 Å². The Bertz CT molecular complexity index is 789. The van der Waals surface area contributed by atoms with E-state index in [0.717, 1.165) is 10.5 Å². The number of hydrogen-bond acceptors (Lipinski definition) is 5. The quantitative estimate of drug-likeness (QED) is 0.716. The van der Waals surface area contributed by atoms with Gasteiger partial charge >= 0.3 is 12.1 Å². The van der Waals surface area contributed by atoms with E-state index in [1.54, 1.807) is 41.5 Å². The van der Waals surface area contributed by atoms with E-state index in [1.807, 2.05) is 30.3 Å². The van der Waals surface area contributed by atoms with Gasteiger partial charge in [-0.1, -0.05) is 30.3 Å². The Morgan fingerprint density at radius 3 is 2.07 bits per heavy atom. The van der Waals surface area contributed by atoms with Gasteiger partial charge in [0.05, 0.1) is 5.41 Å². The monoisotopic (exact) mass is 387 g/mol. The van der Waals surface area contributed by atoms with Crippen molar-refractivity contribution >= 4 is 18.0 Å². The van der Waals surface area contributed by atoms with Crippen LogP contribution < -0.4 is 0 Å². The van der Waals surface area contributed by atoms with Crippen molar-refractivity contribution in [3.8, 4) is 0 Å². The number of benzene rings is 1. The minimum Gasteiger partial charge on any atom is -0.458 e. The molecular weight excluding hydrogens is 358 g/mol. The van der Waals surface area contributed by atoms with Crippen molar-refractivity contribution < 1.29 is 23.9 Å². The Balaban J connectivity index is 1.90. The second-order valence-electron chi connectivity index (χ2n) is 9.73. The molecule has 1 saturated carbocycles. The Morgan fingerprint density at radius 1 is 0.964 bits per heavy atom. The molecule has 0 radical (unpaired) electrons. The van der Waals surface area contributed by atoms with Crippen LogP contribution in [-0.2, 0) is 19.1 Å². The molecule has 2 aliphatic rings. The molecule has 152 valence electrons. The highest BCUT2D eigenvalue weighted by molar-refractivity contribution is 6.04. The summed E-state index contributed by atoms with van der Waals surface area (Å²) in [5, 5.41) is 0. The lowest BCUT2D eigenvalue weighted by Gasteiger charge is -2.28. The molecule has 3 rings (SSSR count). The molecule has 0 unspecified atom stereocenters. The van der Waals surface area contributed by atoms with Crippen molar-refractivity contribution in [2.24, 2.45) is 5.41 Å². The van der Waals surface area contributed by atoms with Crippen molar-refractivity contribution in [3.05, 3.63) is 35.9 Å². The van der Waals surface area contributed by atoms with Crippen LogP contribution in [0.25, 0.3) is 0 Å². The summed E-state index contributed by atoms with van der Waals surface area (Å²) in [5.41, 5.74) is -1.17. The molecule has 3 atom stereocenters. The van der Waals surface area contributed by atoms with Gasteiger partial charge in [-0.3, -0.25) is 4.79 Å². The van der Waals surface area contributed by atoms with E-state index in [2.05, 4.69) is 0 Å². The summed E-state index contributed by atoms with van der Waals surface area (Å²) in [6.45, 7) is 10.5. The van der Waals surface area contributed by atoms with Crippen molar-refractivity contribution in [3.63, 3.8) is 0 Å². The molecule has 28 heavy (non-hydrogen) atoms. The van der Waals surface area contributed by atoms with Gasteiger partial charge in [0, 0.05) is 0 Å². The van der Waals surface area contributed by atoms with Gasteiger partial charge in [0.2, 0.25) is 5.91 Å². The average molecular weight is 387 g/mol. The SMILES string of the molecule is CC(C)(C)OC(=O)[C@@H]1C[C@]2(C[C@@H]2c2ccccc2)C(=O)N1C(=O)OC(C)(C)C. The first-order valence-electron chi connectivity index (χ1n) is 9.68. The van der Waals surface area contributed by atoms with Gasteiger partial charge < -0.3 is 9.47 Å². The molecule has 6 heteroatoms. The Morgan fingerprint density at radius 2 is 1.54 bits per heavy atom. The molecule has 0 N–H and O–H groups in total. The summed E-state index contributed by atoms with van der Waals surface area (Å²) < 4.78 is 10.9. The fourth-order valence-corrected chi connectivity index (χ4v) is 3.87. The Kier molecular flexibility index (Phi) is 4.80. The van der Waals surface area contributed by atoms with Crippen LogP contribution in [0, 0.1) is 5.41 Å². The smallest absolute Gasteiger partial charge is 0.417 e. The number of esters is 1. The summed E-state index contributed by atoms with van der Waals surface area (Å²) >= 11 is 0. The lowest BCUT2D eigenvalue weighted by molar-refractivity contribution is -0.161. The average Bonchev–Trinajstić information content (AvgIpc) is 3.19. The predicted molar refractivity (Wildman–Crippen MR) is 104 cm³/mol. The minimum absolute atomic E-state index is 0.00132. The maximum absolute atomic E-state index is 13.3. The highest BCUT2D eigenvalue weighted by atomic mass is 16.6. The third-order valence-electron chi connectivity index (χ3n) is 5.06. The van der Waals surface area contributed by atoms with Crippen LogP contribution in [0.4, 0.5) is 4.79 Å². The van der Waals surface area contributed by atoms with Crippen LogP contribution in [0.5, 0.6) is 0 Å². The maximum atomic E-state index is 13.3. The number of imide groups is 1. The molecule has 2 fully saturated rings. The van der Waals surface area contributed by atoms with Gasteiger partial charge in [0.1, 0.15) is 17.2 Å². The molecule has 1 heterocycles. The van der Waals surface area contributed by atoms with Crippen LogP contribution in [0.2, 0.25) is 0 Å². The molecule has 1 aromatic rings. The second-order valence-corrected chi connectivity index (χ2v) is 9.73. The highest BCUT2D eigenvalue weighted by Crippen LogP contribution is 2.66. The zero-order valence-corrected chi connectivity index (χ0v) is 17.4. The summed E-state index contributed by atoms with van der Waals surface area (Å²) in [6.07, 6.45) is 0.0949. The molecule has 0 bridgehead atoms. The summed E-state index contributed by atoms with van der Waals surface area (Å²) in [4.78, 5) is 39.9. The van der Waals surface area contributed by atoms with Gasteiger partial charge in [-0.05, 0) is 65.9 Å². The lowest BCUT2D eigenvalue weighted by Crippen LogP contribution is -2.47. The standard InChI is InChI=1S/C22H29NO5/c1-20(2,3)27-17(24)16-13-22(12-15(22)14-10-8-7-9-11-14)18(25)23(16)19(26)28-21(4,5)6/h7-11,15-16H,12-13H2,1-6H3/t15-,16+,22+/m1/s1. The maximum Gasteiger partial charge on any atom is 0.417 e. The van der Waals surface area contributed by atoms with Crippen LogP contribution in [-0.4, -0.2) is 40.1 Å². The van der Waals surface area contributed by atoms with Crippen LogP contribution in [0.15, 0.2) is 30.3 Å². The first kappa shape index (κ1) is 20.4. The predicted octanol–water partition coefficient (Wildman–Crippen LogP) is 4.04. The Labute approximate surface area is 166 Å². The summed E-state index contributed by atoms with van der Waals surface area (Å²) in [7, 11) is 0. The normalized spacial score (nSPS) is 27.1. The second kappa shape index (κ2) is 6.61. The van der Waals surface area contributed by atoms with Gasteiger partial charge in [0.15, 0.2) is 0 Å². The lowest BCUT2D eigenvalue weighted by atomic mass is 9.95. The fraction of sp³-hybridized carbons (Fsp3) is 0.591. The molecule has 0 aromatic heterocycles. The number of nitrogens with zero attached hydrogens (tertiary/aromatic N) is 1. The van der Waals surface area contributed by atoms with Crippen molar-refractivity contribution in [1.82, 2.24) is 4.90 Å². The van der Waals surface area contributed by atoms with Crippen LogP contribution in [0.3, 0.4) is 0 Å².